The predicted octanol–water partition coefficient (Wildman–Crippen LogP) is 3.75. The molecule has 0 heterocycles. The largest absolute Gasteiger partial charge is 0.469 e. The molecule has 4 aliphatic carbocycles. The van der Waals surface area contributed by atoms with Crippen LogP contribution in [-0.2, 0) is 14.3 Å². The van der Waals surface area contributed by atoms with E-state index < -0.39 is 6.10 Å². The van der Waals surface area contributed by atoms with Crippen molar-refractivity contribution in [1.82, 2.24) is 0 Å². The average Bonchev–Trinajstić information content (AvgIpc) is 3.06. The van der Waals surface area contributed by atoms with Crippen molar-refractivity contribution >= 4 is 11.8 Å². The number of esters is 1. The molecule has 0 radical (unpaired) electrons. The number of aliphatic hydroxyl groups is 2. The number of carbonyl (C=O) groups is 2. The van der Waals surface area contributed by atoms with Crippen molar-refractivity contribution in [2.45, 2.75) is 90.8 Å². The lowest BCUT2D eigenvalue weighted by atomic mass is 9.43. The van der Waals surface area contributed by atoms with Crippen molar-refractivity contribution < 1.29 is 24.5 Å². The molecule has 30 heavy (non-hydrogen) atoms. The second kappa shape index (κ2) is 7.88. The summed E-state index contributed by atoms with van der Waals surface area (Å²) in [7, 11) is 1.43. The van der Waals surface area contributed by atoms with Crippen molar-refractivity contribution in [1.29, 1.82) is 0 Å². The summed E-state index contributed by atoms with van der Waals surface area (Å²) < 4.78 is 4.82. The first-order valence-electron chi connectivity index (χ1n) is 12.1. The summed E-state index contributed by atoms with van der Waals surface area (Å²) in [4.78, 5) is 23.8. The Morgan fingerprint density at radius 3 is 2.63 bits per heavy atom. The average molecular weight is 421 g/mol. The Balaban J connectivity index is 1.58. The van der Waals surface area contributed by atoms with Gasteiger partial charge in [0.2, 0.25) is 0 Å². The van der Waals surface area contributed by atoms with Gasteiger partial charge in [-0.25, -0.2) is 0 Å². The van der Waals surface area contributed by atoms with Gasteiger partial charge in [-0.05, 0) is 84.9 Å². The van der Waals surface area contributed by atoms with E-state index in [1.165, 1.54) is 7.11 Å². The van der Waals surface area contributed by atoms with Crippen molar-refractivity contribution in [2.24, 2.45) is 46.3 Å². The quantitative estimate of drug-likeness (QED) is 0.677. The number of hydrogen-bond donors (Lipinski definition) is 2. The van der Waals surface area contributed by atoms with Crippen molar-refractivity contribution in [2.75, 3.05) is 7.11 Å². The molecule has 0 bridgehead atoms. The van der Waals surface area contributed by atoms with E-state index >= 15 is 0 Å². The maximum absolute atomic E-state index is 12.1. The van der Waals surface area contributed by atoms with Crippen molar-refractivity contribution in [3.8, 4) is 0 Å². The molecule has 0 aromatic heterocycles. The van der Waals surface area contributed by atoms with Gasteiger partial charge in [0.05, 0.1) is 19.3 Å². The van der Waals surface area contributed by atoms with E-state index in [4.69, 9.17) is 4.74 Å². The highest BCUT2D eigenvalue weighted by molar-refractivity contribution is 5.79. The molecule has 5 heteroatoms. The molecule has 0 aromatic rings. The number of aliphatic hydroxyl groups excluding tert-OH is 2. The minimum absolute atomic E-state index is 0.0503. The fraction of sp³-hybridized carbons (Fsp3) is 0.920. The fourth-order valence-corrected chi connectivity index (χ4v) is 8.59. The van der Waals surface area contributed by atoms with Gasteiger partial charge in [-0.3, -0.25) is 9.59 Å². The van der Waals surface area contributed by atoms with Crippen LogP contribution >= 0.6 is 0 Å². The third-order valence-corrected chi connectivity index (χ3v) is 10.4. The van der Waals surface area contributed by atoms with Crippen LogP contribution in [0, 0.1) is 46.3 Å². The Labute approximate surface area is 180 Å². The lowest BCUT2D eigenvalue weighted by Crippen LogP contribution is -2.62. The number of ketones is 1. The monoisotopic (exact) mass is 420 g/mol. The topological polar surface area (TPSA) is 83.8 Å². The van der Waals surface area contributed by atoms with E-state index in [0.29, 0.717) is 42.8 Å². The third kappa shape index (κ3) is 3.26. The Morgan fingerprint density at radius 1 is 1.20 bits per heavy atom. The Morgan fingerprint density at radius 2 is 1.93 bits per heavy atom. The molecular weight excluding hydrogens is 380 g/mol. The van der Waals surface area contributed by atoms with Gasteiger partial charge in [0.1, 0.15) is 5.78 Å². The van der Waals surface area contributed by atoms with Gasteiger partial charge < -0.3 is 14.9 Å². The molecule has 0 aromatic carbocycles. The standard InChI is InChI=1S/C25H40O5/c1-14(5-8-22(29)30-4)17-6-7-18-23-19(13-21(28)25(17,18)3)24(2)10-9-16(26)11-15(24)12-20(23)27/h14-15,17-21,23,27-28H,5-13H2,1-4H3/t14-,15+,17-,18+,19+,20+,21+,23+,24-,25-/m0/s1. The van der Waals surface area contributed by atoms with Gasteiger partial charge in [0, 0.05) is 19.3 Å². The fourth-order valence-electron chi connectivity index (χ4n) is 8.59. The molecule has 0 saturated heterocycles. The maximum Gasteiger partial charge on any atom is 0.305 e. The Hall–Kier alpha value is -0.940. The lowest BCUT2D eigenvalue weighted by Gasteiger charge is -2.63. The van der Waals surface area contributed by atoms with Crippen LogP contribution in [0.4, 0.5) is 0 Å². The summed E-state index contributed by atoms with van der Waals surface area (Å²) >= 11 is 0. The Bertz CT molecular complexity index is 691. The second-order valence-corrected chi connectivity index (χ2v) is 11.4. The number of hydrogen-bond acceptors (Lipinski definition) is 5. The number of rotatable bonds is 4. The first-order chi connectivity index (χ1) is 14.1. The molecule has 0 amide bonds. The van der Waals surface area contributed by atoms with E-state index in [1.807, 2.05) is 0 Å². The molecular formula is C25H40O5. The summed E-state index contributed by atoms with van der Waals surface area (Å²) in [6, 6.07) is 0. The number of fused-ring (bicyclic) bond motifs is 5. The number of carbonyl (C=O) groups excluding carboxylic acids is 2. The lowest BCUT2D eigenvalue weighted by molar-refractivity contribution is -0.201. The van der Waals surface area contributed by atoms with Crippen LogP contribution in [0.25, 0.3) is 0 Å². The summed E-state index contributed by atoms with van der Waals surface area (Å²) in [6.45, 7) is 6.78. The number of Topliss-reactive ketones (excluding diaryl/α,β-unsaturated/α-hetero) is 1. The van der Waals surface area contributed by atoms with Gasteiger partial charge in [0.15, 0.2) is 0 Å². The number of ether oxygens (including phenoxy) is 1. The van der Waals surface area contributed by atoms with E-state index in [9.17, 15) is 19.8 Å². The normalized spacial score (nSPS) is 49.0. The van der Waals surface area contributed by atoms with Gasteiger partial charge in [-0.2, -0.15) is 0 Å². The molecule has 0 unspecified atom stereocenters. The maximum atomic E-state index is 12.1. The molecule has 4 rings (SSSR count). The van der Waals surface area contributed by atoms with Gasteiger partial charge in [0.25, 0.3) is 0 Å². The highest BCUT2D eigenvalue weighted by Gasteiger charge is 2.65. The summed E-state index contributed by atoms with van der Waals surface area (Å²) in [5.74, 6) is 1.92. The predicted molar refractivity (Wildman–Crippen MR) is 113 cm³/mol. The smallest absolute Gasteiger partial charge is 0.305 e. The molecule has 5 nitrogen and oxygen atoms in total. The first-order valence-corrected chi connectivity index (χ1v) is 12.1. The molecule has 170 valence electrons. The van der Waals surface area contributed by atoms with E-state index in [1.54, 1.807) is 0 Å². The molecule has 10 atom stereocenters. The second-order valence-electron chi connectivity index (χ2n) is 11.4. The van der Waals surface area contributed by atoms with Crippen LogP contribution in [0.5, 0.6) is 0 Å². The van der Waals surface area contributed by atoms with Gasteiger partial charge in [-0.15, -0.1) is 0 Å². The van der Waals surface area contributed by atoms with E-state index in [-0.39, 0.29) is 40.7 Å². The van der Waals surface area contributed by atoms with Crippen LogP contribution in [0.15, 0.2) is 0 Å². The molecule has 0 spiro atoms. The summed E-state index contributed by atoms with van der Waals surface area (Å²) in [5.41, 5.74) is -0.167. The molecule has 2 N–H and O–H groups in total. The third-order valence-electron chi connectivity index (χ3n) is 10.4. The van der Waals surface area contributed by atoms with Crippen LogP contribution in [0.2, 0.25) is 0 Å². The van der Waals surface area contributed by atoms with Crippen LogP contribution in [-0.4, -0.2) is 41.3 Å². The van der Waals surface area contributed by atoms with E-state index in [0.717, 1.165) is 38.5 Å². The first kappa shape index (κ1) is 22.3. The summed E-state index contributed by atoms with van der Waals surface area (Å²) in [6.07, 6.45) is 6.15. The SMILES string of the molecule is COC(=O)CC[C@H](C)[C@@H]1CC[C@@H]2[C@H]3[C@H](O)C[C@H]4CC(=O)CC[C@]4(C)[C@@H]3C[C@@H](O)[C@]21C. The minimum atomic E-state index is -0.391. The zero-order valence-corrected chi connectivity index (χ0v) is 19.1. The minimum Gasteiger partial charge on any atom is -0.469 e. The Kier molecular flexibility index (Phi) is 5.85. The molecule has 0 aliphatic heterocycles. The highest BCUT2D eigenvalue weighted by Crippen LogP contribution is 2.68. The van der Waals surface area contributed by atoms with Crippen molar-refractivity contribution in [3.63, 3.8) is 0 Å². The zero-order chi connectivity index (χ0) is 21.8. The van der Waals surface area contributed by atoms with Crippen molar-refractivity contribution in [3.05, 3.63) is 0 Å². The van der Waals surface area contributed by atoms with Gasteiger partial charge >= 0.3 is 5.97 Å². The number of methoxy groups -OCH3 is 1. The molecule has 4 saturated carbocycles. The highest BCUT2D eigenvalue weighted by atomic mass is 16.5. The molecule has 4 fully saturated rings. The van der Waals surface area contributed by atoms with Crippen LogP contribution in [0.1, 0.15) is 78.6 Å². The van der Waals surface area contributed by atoms with E-state index in [2.05, 4.69) is 20.8 Å². The van der Waals surface area contributed by atoms with Gasteiger partial charge in [-0.1, -0.05) is 20.8 Å². The van der Waals surface area contributed by atoms with Crippen LogP contribution in [0.3, 0.4) is 0 Å². The summed E-state index contributed by atoms with van der Waals surface area (Å²) in [5, 5.41) is 22.8. The zero-order valence-electron chi connectivity index (χ0n) is 19.1. The molecule has 4 aliphatic rings. The van der Waals surface area contributed by atoms with Crippen LogP contribution < -0.4 is 0 Å².